The van der Waals surface area contributed by atoms with Gasteiger partial charge in [-0.2, -0.15) is 0 Å². The summed E-state index contributed by atoms with van der Waals surface area (Å²) in [5.74, 6) is -2.45. The van der Waals surface area contributed by atoms with Crippen molar-refractivity contribution in [2.24, 2.45) is 0 Å². The van der Waals surface area contributed by atoms with Crippen molar-refractivity contribution < 1.29 is 19.8 Å². The Morgan fingerprint density at radius 1 is 0.667 bits per heavy atom. The quantitative estimate of drug-likeness (QED) is 0.883. The molecule has 0 aromatic heterocycles. The average molecular weight is 320 g/mol. The highest BCUT2D eigenvalue weighted by atomic mass is 16.4. The fourth-order valence-electron chi connectivity index (χ4n) is 2.93. The van der Waals surface area contributed by atoms with E-state index in [1.165, 1.54) is 0 Å². The zero-order valence-corrected chi connectivity index (χ0v) is 12.8. The number of rotatable bonds is 2. The second kappa shape index (κ2) is 6.54. The number of carboxylic acids is 2. The molecule has 2 aliphatic carbocycles. The van der Waals surface area contributed by atoms with Crippen LogP contribution >= 0.6 is 0 Å². The number of fused-ring (bicyclic) bond motifs is 2. The lowest BCUT2D eigenvalue weighted by Crippen LogP contribution is -2.06. The van der Waals surface area contributed by atoms with Crippen LogP contribution in [0.2, 0.25) is 0 Å². The third kappa shape index (κ3) is 2.99. The van der Waals surface area contributed by atoms with E-state index in [1.54, 1.807) is 12.2 Å². The van der Waals surface area contributed by atoms with Gasteiger partial charge in [0.1, 0.15) is 11.8 Å². The molecule has 0 saturated carbocycles. The van der Waals surface area contributed by atoms with Crippen LogP contribution in [0, 0.1) is 0 Å². The van der Waals surface area contributed by atoms with Gasteiger partial charge in [-0.1, -0.05) is 72.8 Å². The van der Waals surface area contributed by atoms with Gasteiger partial charge in [-0.05, 0) is 22.3 Å². The molecule has 2 aliphatic rings. The van der Waals surface area contributed by atoms with Crippen LogP contribution < -0.4 is 0 Å². The van der Waals surface area contributed by atoms with Crippen LogP contribution in [0.15, 0.2) is 60.7 Å². The summed E-state index contributed by atoms with van der Waals surface area (Å²) >= 11 is 0. The Balaban J connectivity index is 0.000000141. The first-order valence-corrected chi connectivity index (χ1v) is 7.58. The molecule has 2 aromatic rings. The normalized spacial score (nSPS) is 19.2. The minimum absolute atomic E-state index is 0.443. The van der Waals surface area contributed by atoms with Crippen molar-refractivity contribution in [3.05, 3.63) is 82.9 Å². The van der Waals surface area contributed by atoms with Gasteiger partial charge in [0, 0.05) is 0 Å². The van der Waals surface area contributed by atoms with Crippen LogP contribution in [0.5, 0.6) is 0 Å². The molecule has 0 aliphatic heterocycles. The molecule has 0 spiro atoms. The topological polar surface area (TPSA) is 74.6 Å². The molecule has 0 saturated heterocycles. The van der Waals surface area contributed by atoms with Gasteiger partial charge < -0.3 is 10.2 Å². The van der Waals surface area contributed by atoms with Gasteiger partial charge in [0.2, 0.25) is 0 Å². The second-order valence-corrected chi connectivity index (χ2v) is 5.61. The number of benzene rings is 2. The predicted molar refractivity (Wildman–Crippen MR) is 91.7 cm³/mol. The minimum atomic E-state index is -0.781. The van der Waals surface area contributed by atoms with E-state index in [0.717, 1.165) is 22.3 Å². The molecule has 4 heteroatoms. The summed E-state index contributed by atoms with van der Waals surface area (Å²) in [6, 6.07) is 15.1. The summed E-state index contributed by atoms with van der Waals surface area (Å²) in [6.45, 7) is 0. The number of hydrogen-bond acceptors (Lipinski definition) is 2. The lowest BCUT2D eigenvalue weighted by molar-refractivity contribution is -0.138. The molecular formula is C20H16O4. The molecule has 24 heavy (non-hydrogen) atoms. The second-order valence-electron chi connectivity index (χ2n) is 5.61. The van der Waals surface area contributed by atoms with Gasteiger partial charge >= 0.3 is 11.9 Å². The van der Waals surface area contributed by atoms with E-state index in [2.05, 4.69) is 0 Å². The molecule has 4 nitrogen and oxygen atoms in total. The van der Waals surface area contributed by atoms with Crippen molar-refractivity contribution in [1.82, 2.24) is 0 Å². The average Bonchev–Trinajstić information content (AvgIpc) is 3.19. The molecular weight excluding hydrogens is 304 g/mol. The van der Waals surface area contributed by atoms with E-state index in [-0.39, 0.29) is 0 Å². The fourth-order valence-corrected chi connectivity index (χ4v) is 2.93. The lowest BCUT2D eigenvalue weighted by atomic mass is 10.0. The molecule has 0 heterocycles. The standard InChI is InChI=1S/2C10H8O2/c2*11-10(12)9-6-5-7-3-1-2-4-8(7)9/h2*1-6,9H,(H,11,12). The zero-order chi connectivity index (χ0) is 17.1. The highest BCUT2D eigenvalue weighted by Crippen LogP contribution is 2.30. The molecule has 0 amide bonds. The van der Waals surface area contributed by atoms with Gasteiger partial charge in [0.25, 0.3) is 0 Å². The van der Waals surface area contributed by atoms with Crippen LogP contribution in [-0.4, -0.2) is 22.2 Å². The largest absolute Gasteiger partial charge is 0.481 e. The summed E-state index contributed by atoms with van der Waals surface area (Å²) in [5, 5.41) is 17.6. The minimum Gasteiger partial charge on any atom is -0.481 e. The molecule has 0 bridgehead atoms. The van der Waals surface area contributed by atoms with Crippen molar-refractivity contribution in [2.75, 3.05) is 0 Å². The van der Waals surface area contributed by atoms with Crippen molar-refractivity contribution in [3.8, 4) is 0 Å². The van der Waals surface area contributed by atoms with Crippen molar-refractivity contribution >= 4 is 24.1 Å². The first-order valence-electron chi connectivity index (χ1n) is 7.58. The van der Waals surface area contributed by atoms with E-state index < -0.39 is 23.8 Å². The maximum atomic E-state index is 10.7. The highest BCUT2D eigenvalue weighted by Gasteiger charge is 2.23. The summed E-state index contributed by atoms with van der Waals surface area (Å²) in [5.41, 5.74) is 3.82. The van der Waals surface area contributed by atoms with E-state index in [1.807, 2.05) is 60.7 Å². The third-order valence-corrected chi connectivity index (χ3v) is 4.13. The van der Waals surface area contributed by atoms with Crippen molar-refractivity contribution in [2.45, 2.75) is 11.8 Å². The molecule has 120 valence electrons. The van der Waals surface area contributed by atoms with Gasteiger partial charge in [-0.3, -0.25) is 9.59 Å². The van der Waals surface area contributed by atoms with Gasteiger partial charge in [0.05, 0.1) is 0 Å². The lowest BCUT2D eigenvalue weighted by Gasteiger charge is -2.03. The van der Waals surface area contributed by atoms with E-state index >= 15 is 0 Å². The monoisotopic (exact) mass is 320 g/mol. The van der Waals surface area contributed by atoms with Crippen LogP contribution in [0.4, 0.5) is 0 Å². The first-order chi connectivity index (χ1) is 11.6. The Kier molecular flexibility index (Phi) is 4.29. The maximum Gasteiger partial charge on any atom is 0.314 e. The van der Waals surface area contributed by atoms with Crippen molar-refractivity contribution in [1.29, 1.82) is 0 Å². The van der Waals surface area contributed by atoms with E-state index in [9.17, 15) is 9.59 Å². The Morgan fingerprint density at radius 2 is 1.04 bits per heavy atom. The summed E-state index contributed by atoms with van der Waals surface area (Å²) in [6.07, 6.45) is 7.14. The van der Waals surface area contributed by atoms with Crippen LogP contribution in [0.25, 0.3) is 12.2 Å². The van der Waals surface area contributed by atoms with E-state index in [0.29, 0.717) is 0 Å². The van der Waals surface area contributed by atoms with Crippen LogP contribution in [0.3, 0.4) is 0 Å². The maximum absolute atomic E-state index is 10.7. The van der Waals surface area contributed by atoms with E-state index in [4.69, 9.17) is 10.2 Å². The molecule has 2 unspecified atom stereocenters. The van der Waals surface area contributed by atoms with Gasteiger partial charge in [-0.15, -0.1) is 0 Å². The summed E-state index contributed by atoms with van der Waals surface area (Å²) in [4.78, 5) is 21.4. The highest BCUT2D eigenvalue weighted by molar-refractivity contribution is 5.85. The molecule has 0 radical (unpaired) electrons. The Bertz CT molecular complexity index is 777. The Labute approximate surface area is 139 Å². The van der Waals surface area contributed by atoms with Crippen LogP contribution in [-0.2, 0) is 9.59 Å². The molecule has 2 aromatic carbocycles. The third-order valence-electron chi connectivity index (χ3n) is 4.13. The first kappa shape index (κ1) is 15.7. The van der Waals surface area contributed by atoms with Gasteiger partial charge in [0.15, 0.2) is 0 Å². The summed E-state index contributed by atoms with van der Waals surface area (Å²) in [7, 11) is 0. The smallest absolute Gasteiger partial charge is 0.314 e. The zero-order valence-electron chi connectivity index (χ0n) is 12.8. The van der Waals surface area contributed by atoms with Crippen LogP contribution in [0.1, 0.15) is 34.1 Å². The number of carboxylic acid groups (broad SMARTS) is 2. The molecule has 4 rings (SSSR count). The number of carbonyl (C=O) groups is 2. The van der Waals surface area contributed by atoms with Crippen molar-refractivity contribution in [3.63, 3.8) is 0 Å². The molecule has 2 N–H and O–H groups in total. The SMILES string of the molecule is O=C(O)C1C=Cc2ccccc21.O=C(O)C1C=Cc2ccccc21. The molecule has 2 atom stereocenters. The summed E-state index contributed by atoms with van der Waals surface area (Å²) < 4.78 is 0. The molecule has 0 fully saturated rings. The Hall–Kier alpha value is -3.14. The van der Waals surface area contributed by atoms with Gasteiger partial charge in [-0.25, -0.2) is 0 Å². The fraction of sp³-hybridized carbons (Fsp3) is 0.100. The Morgan fingerprint density at radius 3 is 1.42 bits per heavy atom. The number of aliphatic carboxylic acids is 2. The predicted octanol–water partition coefficient (Wildman–Crippen LogP) is 3.76. The number of hydrogen-bond donors (Lipinski definition) is 2.